The van der Waals surface area contributed by atoms with Gasteiger partial charge in [-0.05, 0) is 56.7 Å². The first-order chi connectivity index (χ1) is 13.4. The number of methoxy groups -OCH3 is 1. The van der Waals surface area contributed by atoms with E-state index >= 15 is 0 Å². The first-order valence-corrected chi connectivity index (χ1v) is 9.52. The number of rotatable bonds is 6. The summed E-state index contributed by atoms with van der Waals surface area (Å²) >= 11 is 0. The van der Waals surface area contributed by atoms with E-state index < -0.39 is 0 Å². The Bertz CT molecular complexity index is 923. The van der Waals surface area contributed by atoms with Crippen molar-refractivity contribution in [3.8, 4) is 5.75 Å². The van der Waals surface area contributed by atoms with Gasteiger partial charge in [0.25, 0.3) is 5.91 Å². The smallest absolute Gasteiger partial charge is 0.254 e. The summed E-state index contributed by atoms with van der Waals surface area (Å²) in [5, 5.41) is 0. The van der Waals surface area contributed by atoms with Gasteiger partial charge in [-0.1, -0.05) is 36.4 Å². The van der Waals surface area contributed by atoms with Gasteiger partial charge in [0.1, 0.15) is 5.75 Å². The summed E-state index contributed by atoms with van der Waals surface area (Å²) in [5.41, 5.74) is 2.66. The monoisotopic (exact) mass is 376 g/mol. The van der Waals surface area contributed by atoms with E-state index in [9.17, 15) is 4.79 Å². The van der Waals surface area contributed by atoms with Crippen molar-refractivity contribution in [2.75, 3.05) is 7.11 Å². The van der Waals surface area contributed by atoms with Crippen LogP contribution in [0.15, 0.2) is 72.9 Å². The van der Waals surface area contributed by atoms with E-state index in [1.807, 2.05) is 47.4 Å². The fourth-order valence-electron chi connectivity index (χ4n) is 3.21. The molecule has 0 saturated carbocycles. The van der Waals surface area contributed by atoms with E-state index in [0.717, 1.165) is 12.2 Å². The molecule has 1 aromatic heterocycles. The summed E-state index contributed by atoms with van der Waals surface area (Å²) < 4.78 is 7.49. The molecule has 0 unspecified atom stereocenters. The fourth-order valence-corrected chi connectivity index (χ4v) is 3.21. The zero-order valence-corrected chi connectivity index (χ0v) is 17.1. The van der Waals surface area contributed by atoms with Crippen LogP contribution in [0.2, 0.25) is 0 Å². The van der Waals surface area contributed by atoms with E-state index in [-0.39, 0.29) is 11.4 Å². The van der Waals surface area contributed by atoms with Crippen LogP contribution in [-0.2, 0) is 13.1 Å². The van der Waals surface area contributed by atoms with Crippen LogP contribution in [0.25, 0.3) is 0 Å². The Morgan fingerprint density at radius 1 is 1.00 bits per heavy atom. The predicted molar refractivity (Wildman–Crippen MR) is 113 cm³/mol. The van der Waals surface area contributed by atoms with Crippen molar-refractivity contribution < 1.29 is 9.53 Å². The highest BCUT2D eigenvalue weighted by atomic mass is 16.5. The maximum absolute atomic E-state index is 13.3. The number of hydrogen-bond donors (Lipinski definition) is 0. The van der Waals surface area contributed by atoms with Crippen molar-refractivity contribution in [3.05, 3.63) is 89.7 Å². The van der Waals surface area contributed by atoms with Crippen molar-refractivity contribution in [1.82, 2.24) is 9.47 Å². The van der Waals surface area contributed by atoms with Gasteiger partial charge in [-0.3, -0.25) is 4.79 Å². The van der Waals surface area contributed by atoms with Crippen LogP contribution in [-0.4, -0.2) is 28.0 Å². The summed E-state index contributed by atoms with van der Waals surface area (Å²) in [6, 6.07) is 21.8. The van der Waals surface area contributed by atoms with E-state index in [4.69, 9.17) is 4.74 Å². The molecule has 0 radical (unpaired) electrons. The highest BCUT2D eigenvalue weighted by Gasteiger charge is 2.28. The second-order valence-electron chi connectivity index (χ2n) is 7.91. The van der Waals surface area contributed by atoms with Gasteiger partial charge in [0, 0.05) is 29.5 Å². The molecular weight excluding hydrogens is 348 g/mol. The lowest BCUT2D eigenvalue weighted by Gasteiger charge is -2.36. The van der Waals surface area contributed by atoms with Crippen molar-refractivity contribution in [1.29, 1.82) is 0 Å². The third-order valence-electron chi connectivity index (χ3n) is 4.81. The van der Waals surface area contributed by atoms with Crippen molar-refractivity contribution in [2.24, 2.45) is 0 Å². The molecule has 0 fully saturated rings. The zero-order chi connectivity index (χ0) is 20.1. The molecule has 1 amide bonds. The number of nitrogens with zero attached hydrogens (tertiary/aromatic N) is 2. The van der Waals surface area contributed by atoms with Gasteiger partial charge in [0.15, 0.2) is 0 Å². The Hall–Kier alpha value is -3.01. The molecule has 3 aromatic rings. The van der Waals surface area contributed by atoms with E-state index in [1.54, 1.807) is 13.2 Å². The molecular formula is C24H28N2O2. The van der Waals surface area contributed by atoms with E-state index in [0.29, 0.717) is 17.9 Å². The first kappa shape index (κ1) is 19.7. The summed E-state index contributed by atoms with van der Waals surface area (Å²) in [7, 11) is 1.61. The van der Waals surface area contributed by atoms with Crippen LogP contribution < -0.4 is 4.74 Å². The number of carbonyl (C=O) groups excluding carboxylic acids is 1. The van der Waals surface area contributed by atoms with Crippen LogP contribution in [0.4, 0.5) is 0 Å². The van der Waals surface area contributed by atoms with Crippen LogP contribution in [0.1, 0.15) is 42.4 Å². The maximum atomic E-state index is 13.3. The van der Waals surface area contributed by atoms with Gasteiger partial charge in [0.2, 0.25) is 0 Å². The Kier molecular flexibility index (Phi) is 5.88. The van der Waals surface area contributed by atoms with Crippen LogP contribution in [0.5, 0.6) is 5.75 Å². The molecule has 0 N–H and O–H groups in total. The Labute approximate surface area is 167 Å². The van der Waals surface area contributed by atoms with Crippen molar-refractivity contribution in [3.63, 3.8) is 0 Å². The molecule has 4 heteroatoms. The third kappa shape index (κ3) is 4.63. The fraction of sp³-hybridized carbons (Fsp3) is 0.292. The largest absolute Gasteiger partial charge is 0.497 e. The van der Waals surface area contributed by atoms with E-state index in [1.165, 1.54) is 5.56 Å². The van der Waals surface area contributed by atoms with Gasteiger partial charge in [0.05, 0.1) is 13.7 Å². The van der Waals surface area contributed by atoms with E-state index in [2.05, 4.69) is 49.7 Å². The van der Waals surface area contributed by atoms with Crippen LogP contribution >= 0.6 is 0 Å². The van der Waals surface area contributed by atoms with Gasteiger partial charge >= 0.3 is 0 Å². The number of ether oxygens (including phenoxy) is 1. The number of benzene rings is 2. The summed E-state index contributed by atoms with van der Waals surface area (Å²) in [4.78, 5) is 15.2. The minimum absolute atomic E-state index is 0.00105. The predicted octanol–water partition coefficient (Wildman–Crippen LogP) is 4.99. The highest BCUT2D eigenvalue weighted by molar-refractivity contribution is 5.95. The quantitative estimate of drug-likeness (QED) is 0.608. The highest BCUT2D eigenvalue weighted by Crippen LogP contribution is 2.23. The summed E-state index contributed by atoms with van der Waals surface area (Å²) in [5.74, 6) is 0.686. The lowest BCUT2D eigenvalue weighted by molar-refractivity contribution is 0.0552. The topological polar surface area (TPSA) is 34.5 Å². The summed E-state index contributed by atoms with van der Waals surface area (Å²) in [6.45, 7) is 7.52. The minimum atomic E-state index is -0.317. The summed E-state index contributed by atoms with van der Waals surface area (Å²) in [6.07, 6.45) is 2.07. The molecule has 0 saturated heterocycles. The second-order valence-corrected chi connectivity index (χ2v) is 7.91. The van der Waals surface area contributed by atoms with Gasteiger partial charge in [-0.25, -0.2) is 0 Å². The van der Waals surface area contributed by atoms with Gasteiger partial charge in [-0.2, -0.15) is 0 Å². The van der Waals surface area contributed by atoms with Crippen LogP contribution in [0, 0.1) is 0 Å². The minimum Gasteiger partial charge on any atom is -0.497 e. The molecule has 0 atom stereocenters. The Balaban J connectivity index is 1.86. The lowest BCUT2D eigenvalue weighted by atomic mass is 10.0. The molecule has 4 nitrogen and oxygen atoms in total. The third-order valence-corrected chi connectivity index (χ3v) is 4.81. The van der Waals surface area contributed by atoms with Crippen LogP contribution in [0.3, 0.4) is 0 Å². The molecule has 2 aromatic carbocycles. The Morgan fingerprint density at radius 2 is 1.75 bits per heavy atom. The molecule has 0 aliphatic rings. The van der Waals surface area contributed by atoms with Crippen molar-refractivity contribution in [2.45, 2.75) is 39.4 Å². The molecule has 1 heterocycles. The molecule has 28 heavy (non-hydrogen) atoms. The first-order valence-electron chi connectivity index (χ1n) is 9.52. The van der Waals surface area contributed by atoms with Crippen molar-refractivity contribution >= 4 is 5.91 Å². The molecule has 0 aliphatic heterocycles. The zero-order valence-electron chi connectivity index (χ0n) is 17.1. The Morgan fingerprint density at radius 3 is 2.43 bits per heavy atom. The molecule has 0 aliphatic carbocycles. The SMILES string of the molecule is COc1cccc(C(=O)N(Cc2cccn2Cc2ccccc2)C(C)(C)C)c1. The number of aromatic nitrogens is 1. The average molecular weight is 377 g/mol. The molecule has 3 rings (SSSR count). The molecule has 146 valence electrons. The van der Waals surface area contributed by atoms with Gasteiger partial charge < -0.3 is 14.2 Å². The number of hydrogen-bond acceptors (Lipinski definition) is 2. The number of amides is 1. The molecule has 0 spiro atoms. The molecule has 0 bridgehead atoms. The normalized spacial score (nSPS) is 11.3. The maximum Gasteiger partial charge on any atom is 0.254 e. The standard InChI is InChI=1S/C24H28N2O2/c1-24(2,3)26(23(27)20-12-8-14-22(16-20)28-4)18-21-13-9-15-25(21)17-19-10-6-5-7-11-19/h5-16H,17-18H2,1-4H3. The lowest BCUT2D eigenvalue weighted by Crippen LogP contribution is -2.45. The second kappa shape index (κ2) is 8.34. The van der Waals surface area contributed by atoms with Gasteiger partial charge in [-0.15, -0.1) is 0 Å². The average Bonchev–Trinajstić information content (AvgIpc) is 3.12. The number of carbonyl (C=O) groups is 1.